The Hall–Kier alpha value is -3.29. The van der Waals surface area contributed by atoms with E-state index in [0.717, 1.165) is 33.9 Å². The van der Waals surface area contributed by atoms with E-state index in [9.17, 15) is 9.18 Å². The van der Waals surface area contributed by atoms with Gasteiger partial charge in [-0.3, -0.25) is 9.36 Å². The van der Waals surface area contributed by atoms with E-state index in [2.05, 4.69) is 24.6 Å². The number of aryl methyl sites for hydroxylation is 1. The van der Waals surface area contributed by atoms with Crippen molar-refractivity contribution in [2.45, 2.75) is 39.3 Å². The van der Waals surface area contributed by atoms with Crippen LogP contribution < -0.4 is 10.3 Å². The highest BCUT2D eigenvalue weighted by Crippen LogP contribution is 2.40. The van der Waals surface area contributed by atoms with Crippen LogP contribution in [-0.2, 0) is 11.5 Å². The van der Waals surface area contributed by atoms with Crippen molar-refractivity contribution in [3.8, 4) is 28.0 Å². The number of fused-ring (bicyclic) bond motifs is 1. The largest absolute Gasteiger partial charge is 0.494 e. The van der Waals surface area contributed by atoms with E-state index in [1.165, 1.54) is 23.0 Å². The third-order valence-corrected chi connectivity index (χ3v) is 7.71. The third kappa shape index (κ3) is 5.52. The summed E-state index contributed by atoms with van der Waals surface area (Å²) in [5.74, 6) is 0.164. The summed E-state index contributed by atoms with van der Waals surface area (Å²) in [6, 6.07) is 17.1. The molecular weight excluding hydrogens is 459 g/mol. The second-order valence-electron chi connectivity index (χ2n) is 9.97. The van der Waals surface area contributed by atoms with E-state index in [4.69, 9.17) is 9.47 Å². The molecule has 0 fully saturated rings. The maximum Gasteiger partial charge on any atom is 0.263 e. The molecule has 0 aliphatic heterocycles. The molecule has 5 nitrogen and oxygen atoms in total. The van der Waals surface area contributed by atoms with Crippen molar-refractivity contribution >= 4 is 19.0 Å². The average Bonchev–Trinajstić information content (AvgIpc) is 2.82. The van der Waals surface area contributed by atoms with E-state index in [1.807, 2.05) is 37.3 Å². The summed E-state index contributed by atoms with van der Waals surface area (Å²) < 4.78 is 26.7. The maximum absolute atomic E-state index is 13.8. The highest BCUT2D eigenvalue weighted by atomic mass is 28.3. The van der Waals surface area contributed by atoms with Crippen molar-refractivity contribution in [1.29, 1.82) is 0 Å². The zero-order valence-corrected chi connectivity index (χ0v) is 21.9. The lowest BCUT2D eigenvalue weighted by Crippen LogP contribution is -2.25. The van der Waals surface area contributed by atoms with Gasteiger partial charge in [0.2, 0.25) is 0 Å². The van der Waals surface area contributed by atoms with Gasteiger partial charge < -0.3 is 9.47 Å². The number of hydrogen-bond acceptors (Lipinski definition) is 4. The van der Waals surface area contributed by atoms with Crippen LogP contribution in [0.15, 0.2) is 65.7 Å². The Morgan fingerprint density at radius 2 is 1.66 bits per heavy atom. The van der Waals surface area contributed by atoms with Crippen molar-refractivity contribution in [2.24, 2.45) is 0 Å². The standard InChI is InChI=1S/C28H31FN2O3Si/c1-19-6-8-21(9-7-19)25-23(20-10-12-22(29)13-11-20)16-24(33-2)27-26(25)28(32)31(17-30-27)18-34-14-15-35(3,4)5/h6-13,16-17H,14-15,18H2,1-5H3. The number of ether oxygens (including phenoxy) is 2. The molecule has 0 atom stereocenters. The summed E-state index contributed by atoms with van der Waals surface area (Å²) in [6.45, 7) is 9.61. The molecule has 0 radical (unpaired) electrons. The van der Waals surface area contributed by atoms with Gasteiger partial charge in [-0.2, -0.15) is 0 Å². The van der Waals surface area contributed by atoms with Gasteiger partial charge in [-0.05, 0) is 47.9 Å². The first-order chi connectivity index (χ1) is 16.7. The second kappa shape index (κ2) is 10.1. The van der Waals surface area contributed by atoms with Crippen LogP contribution in [0.2, 0.25) is 25.7 Å². The SMILES string of the molecule is COc1cc(-c2ccc(F)cc2)c(-c2ccc(C)cc2)c2c(=O)n(COCC[Si](C)(C)C)cnc12. The highest BCUT2D eigenvalue weighted by molar-refractivity contribution is 6.76. The number of hydrogen-bond donors (Lipinski definition) is 0. The van der Waals surface area contributed by atoms with Gasteiger partial charge >= 0.3 is 0 Å². The zero-order valence-electron chi connectivity index (χ0n) is 20.9. The molecule has 0 amide bonds. The van der Waals surface area contributed by atoms with Crippen LogP contribution in [0, 0.1) is 12.7 Å². The van der Waals surface area contributed by atoms with Crippen molar-refractivity contribution < 1.29 is 13.9 Å². The molecule has 0 unspecified atom stereocenters. The van der Waals surface area contributed by atoms with Gasteiger partial charge in [-0.1, -0.05) is 61.6 Å². The number of nitrogens with zero attached hydrogens (tertiary/aromatic N) is 2. The van der Waals surface area contributed by atoms with Crippen molar-refractivity contribution in [2.75, 3.05) is 13.7 Å². The number of aromatic nitrogens is 2. The molecular formula is C28H31FN2O3Si. The molecule has 0 aliphatic carbocycles. The summed E-state index contributed by atoms with van der Waals surface area (Å²) in [5.41, 5.74) is 4.55. The van der Waals surface area contributed by atoms with Crippen molar-refractivity contribution in [1.82, 2.24) is 9.55 Å². The molecule has 35 heavy (non-hydrogen) atoms. The third-order valence-electron chi connectivity index (χ3n) is 6.01. The van der Waals surface area contributed by atoms with E-state index in [-0.39, 0.29) is 18.1 Å². The number of methoxy groups -OCH3 is 1. The highest BCUT2D eigenvalue weighted by Gasteiger charge is 2.21. The second-order valence-corrected chi connectivity index (χ2v) is 15.6. The maximum atomic E-state index is 13.8. The Balaban J connectivity index is 1.94. The first-order valence-corrected chi connectivity index (χ1v) is 15.4. The minimum Gasteiger partial charge on any atom is -0.494 e. The molecule has 1 heterocycles. The summed E-state index contributed by atoms with van der Waals surface area (Å²) in [5, 5.41) is 0.448. The topological polar surface area (TPSA) is 53.4 Å². The Bertz CT molecular complexity index is 1390. The zero-order chi connectivity index (χ0) is 25.2. The molecule has 182 valence electrons. The molecule has 0 bridgehead atoms. The number of halogens is 1. The first kappa shape index (κ1) is 24.8. The Kier molecular flexibility index (Phi) is 7.19. The molecule has 0 spiro atoms. The van der Waals surface area contributed by atoms with Crippen LogP contribution in [0.25, 0.3) is 33.2 Å². The van der Waals surface area contributed by atoms with Crippen LogP contribution in [-0.4, -0.2) is 31.3 Å². The lowest BCUT2D eigenvalue weighted by molar-refractivity contribution is 0.0844. The normalized spacial score (nSPS) is 11.7. The monoisotopic (exact) mass is 490 g/mol. The van der Waals surface area contributed by atoms with E-state index < -0.39 is 8.07 Å². The predicted molar refractivity (Wildman–Crippen MR) is 142 cm³/mol. The molecule has 3 aromatic carbocycles. The van der Waals surface area contributed by atoms with Gasteiger partial charge in [0.15, 0.2) is 0 Å². The van der Waals surface area contributed by atoms with Crippen LogP contribution >= 0.6 is 0 Å². The van der Waals surface area contributed by atoms with Crippen LogP contribution in [0.1, 0.15) is 5.56 Å². The summed E-state index contributed by atoms with van der Waals surface area (Å²) in [7, 11) is 0.314. The minimum atomic E-state index is -1.24. The predicted octanol–water partition coefficient (Wildman–Crippen LogP) is 6.50. The molecule has 4 aromatic rings. The number of benzene rings is 3. The quantitative estimate of drug-likeness (QED) is 0.209. The minimum absolute atomic E-state index is 0.128. The summed E-state index contributed by atoms with van der Waals surface area (Å²) in [4.78, 5) is 18.4. The van der Waals surface area contributed by atoms with Crippen LogP contribution in [0.4, 0.5) is 4.39 Å². The van der Waals surface area contributed by atoms with E-state index >= 15 is 0 Å². The Labute approximate surface area is 206 Å². The molecule has 0 saturated carbocycles. The van der Waals surface area contributed by atoms with Gasteiger partial charge in [-0.15, -0.1) is 0 Å². The molecule has 0 N–H and O–H groups in total. The fourth-order valence-electron chi connectivity index (χ4n) is 3.97. The lowest BCUT2D eigenvalue weighted by Gasteiger charge is -2.18. The van der Waals surface area contributed by atoms with Gasteiger partial charge in [-0.25, -0.2) is 9.37 Å². The van der Waals surface area contributed by atoms with Crippen molar-refractivity contribution in [3.05, 3.63) is 82.7 Å². The molecule has 4 rings (SSSR count). The first-order valence-electron chi connectivity index (χ1n) is 11.7. The van der Waals surface area contributed by atoms with E-state index in [0.29, 0.717) is 23.3 Å². The van der Waals surface area contributed by atoms with Crippen LogP contribution in [0.5, 0.6) is 5.75 Å². The summed E-state index contributed by atoms with van der Waals surface area (Å²) >= 11 is 0. The molecule has 1 aromatic heterocycles. The molecule has 7 heteroatoms. The fraction of sp³-hybridized carbons (Fsp3) is 0.286. The van der Waals surface area contributed by atoms with Crippen LogP contribution in [0.3, 0.4) is 0 Å². The average molecular weight is 491 g/mol. The van der Waals surface area contributed by atoms with Gasteiger partial charge in [0, 0.05) is 20.2 Å². The molecule has 0 saturated heterocycles. The summed E-state index contributed by atoms with van der Waals surface area (Å²) in [6.07, 6.45) is 1.51. The Morgan fingerprint density at radius 3 is 2.29 bits per heavy atom. The number of rotatable bonds is 8. The van der Waals surface area contributed by atoms with Gasteiger partial charge in [0.1, 0.15) is 30.1 Å². The van der Waals surface area contributed by atoms with Crippen molar-refractivity contribution in [3.63, 3.8) is 0 Å². The van der Waals surface area contributed by atoms with Gasteiger partial charge in [0.25, 0.3) is 5.56 Å². The smallest absolute Gasteiger partial charge is 0.263 e. The van der Waals surface area contributed by atoms with Gasteiger partial charge in [0.05, 0.1) is 12.5 Å². The van der Waals surface area contributed by atoms with E-state index in [1.54, 1.807) is 19.2 Å². The lowest BCUT2D eigenvalue weighted by atomic mass is 9.90. The Morgan fingerprint density at radius 1 is 1.00 bits per heavy atom. The molecule has 0 aliphatic rings. The fourth-order valence-corrected chi connectivity index (χ4v) is 4.73.